The third kappa shape index (κ3) is 4.48. The average Bonchev–Trinajstić information content (AvgIpc) is 3.48. The van der Waals surface area contributed by atoms with E-state index in [0.29, 0.717) is 24.4 Å². The number of aryl methyl sites for hydroxylation is 1. The summed E-state index contributed by atoms with van der Waals surface area (Å²) in [6.07, 6.45) is 4.92. The van der Waals surface area contributed by atoms with Crippen LogP contribution in [0.1, 0.15) is 53.5 Å². The molecule has 7 heteroatoms. The molecule has 3 amide bonds. The van der Waals surface area contributed by atoms with Crippen LogP contribution < -0.4 is 0 Å². The topological polar surface area (TPSA) is 83.7 Å². The highest BCUT2D eigenvalue weighted by Crippen LogP contribution is 2.27. The molecule has 2 aromatic heterocycles. The van der Waals surface area contributed by atoms with E-state index in [9.17, 15) is 14.4 Å². The molecule has 3 heterocycles. The van der Waals surface area contributed by atoms with E-state index in [1.807, 2.05) is 43.3 Å². The predicted molar refractivity (Wildman–Crippen MR) is 128 cm³/mol. The summed E-state index contributed by atoms with van der Waals surface area (Å²) in [5, 5.41) is 0. The van der Waals surface area contributed by atoms with Gasteiger partial charge < -0.3 is 9.32 Å². The first-order chi connectivity index (χ1) is 17.0. The number of fused-ring (bicyclic) bond motifs is 1. The number of furan rings is 1. The Bertz CT molecular complexity index is 1400. The van der Waals surface area contributed by atoms with Crippen LogP contribution in [0.5, 0.6) is 0 Å². The summed E-state index contributed by atoms with van der Waals surface area (Å²) in [5.41, 5.74) is 3.87. The van der Waals surface area contributed by atoms with Crippen molar-refractivity contribution in [1.82, 2.24) is 14.8 Å². The van der Waals surface area contributed by atoms with E-state index in [1.54, 1.807) is 41.6 Å². The van der Waals surface area contributed by atoms with Gasteiger partial charge in [0.1, 0.15) is 5.76 Å². The third-order valence-electron chi connectivity index (χ3n) is 6.12. The van der Waals surface area contributed by atoms with Crippen molar-refractivity contribution < 1.29 is 18.8 Å². The third-order valence-corrected chi connectivity index (χ3v) is 6.12. The smallest absolute Gasteiger partial charge is 0.261 e. The predicted octanol–water partition coefficient (Wildman–Crippen LogP) is 4.62. The molecule has 0 fully saturated rings. The van der Waals surface area contributed by atoms with Gasteiger partial charge >= 0.3 is 0 Å². The number of carbonyl (C=O) groups is 3. The van der Waals surface area contributed by atoms with Crippen molar-refractivity contribution in [2.24, 2.45) is 0 Å². The van der Waals surface area contributed by atoms with Gasteiger partial charge in [0.2, 0.25) is 0 Å². The summed E-state index contributed by atoms with van der Waals surface area (Å²) in [7, 11) is 0. The number of aromatic nitrogens is 1. The highest BCUT2D eigenvalue weighted by molar-refractivity contribution is 6.22. The van der Waals surface area contributed by atoms with E-state index in [1.165, 1.54) is 12.3 Å². The minimum absolute atomic E-state index is 0.0447. The van der Waals surface area contributed by atoms with Gasteiger partial charge in [0, 0.05) is 31.0 Å². The number of hydrogen-bond donors (Lipinski definition) is 0. The normalized spacial score (nSPS) is 12.7. The highest BCUT2D eigenvalue weighted by atomic mass is 16.3. The van der Waals surface area contributed by atoms with E-state index in [2.05, 4.69) is 4.98 Å². The van der Waals surface area contributed by atoms with Gasteiger partial charge in [0.15, 0.2) is 0 Å². The zero-order valence-corrected chi connectivity index (χ0v) is 19.2. The zero-order valence-electron chi connectivity index (χ0n) is 19.2. The lowest BCUT2D eigenvalue weighted by Crippen LogP contribution is -2.30. The number of nitrogens with zero attached hydrogens (tertiary/aromatic N) is 3. The molecular formula is C28H23N3O4. The number of hydrogen-bond acceptors (Lipinski definition) is 5. The van der Waals surface area contributed by atoms with E-state index >= 15 is 0 Å². The molecule has 7 nitrogen and oxygen atoms in total. The second kappa shape index (κ2) is 9.38. The molecule has 1 aliphatic rings. The van der Waals surface area contributed by atoms with Crippen LogP contribution in [0.3, 0.4) is 0 Å². The second-order valence-corrected chi connectivity index (χ2v) is 8.49. The van der Waals surface area contributed by atoms with E-state index in [-0.39, 0.29) is 23.6 Å². The maximum Gasteiger partial charge on any atom is 0.261 e. The van der Waals surface area contributed by atoms with Crippen LogP contribution in [0.4, 0.5) is 0 Å². The van der Waals surface area contributed by atoms with Crippen molar-refractivity contribution in [3.63, 3.8) is 0 Å². The van der Waals surface area contributed by atoms with Gasteiger partial charge in [-0.2, -0.15) is 0 Å². The Hall–Kier alpha value is -4.52. The standard InChI is InChI=1S/C28H23N3O4/c1-19-6-2-3-8-22(19)17-30(16-20-7-4-12-29-15-20)26(32)21-10-11-24-25(14-21)28(34)31(27(24)33)18-23-9-5-13-35-23/h2-15H,16-18H2,1H3. The SMILES string of the molecule is Cc1ccccc1CN(Cc1cccnc1)C(=O)c1ccc2c(c1)C(=O)N(Cc1ccco1)C2=O. The number of benzene rings is 2. The molecule has 35 heavy (non-hydrogen) atoms. The molecule has 0 bridgehead atoms. The van der Waals surface area contributed by atoms with Crippen molar-refractivity contribution in [2.75, 3.05) is 0 Å². The lowest BCUT2D eigenvalue weighted by molar-refractivity contribution is 0.0631. The van der Waals surface area contributed by atoms with E-state index < -0.39 is 11.8 Å². The molecule has 5 rings (SSSR count). The van der Waals surface area contributed by atoms with Gasteiger partial charge in [-0.3, -0.25) is 24.3 Å². The molecule has 1 aliphatic heterocycles. The van der Waals surface area contributed by atoms with Gasteiger partial charge in [0.25, 0.3) is 17.7 Å². The first kappa shape index (κ1) is 22.3. The van der Waals surface area contributed by atoms with Crippen molar-refractivity contribution in [3.8, 4) is 0 Å². The largest absolute Gasteiger partial charge is 0.467 e. The van der Waals surface area contributed by atoms with Gasteiger partial charge in [-0.25, -0.2) is 0 Å². The molecule has 0 saturated carbocycles. The summed E-state index contributed by atoms with van der Waals surface area (Å²) in [5.74, 6) is -0.553. The molecule has 0 radical (unpaired) electrons. The van der Waals surface area contributed by atoms with Crippen LogP contribution in [-0.4, -0.2) is 32.5 Å². The Morgan fingerprint density at radius 2 is 1.77 bits per heavy atom. The summed E-state index contributed by atoms with van der Waals surface area (Å²) < 4.78 is 5.30. The number of rotatable bonds is 7. The molecule has 0 atom stereocenters. The molecule has 4 aromatic rings. The van der Waals surface area contributed by atoms with Crippen LogP contribution in [0.15, 0.2) is 89.8 Å². The number of carbonyl (C=O) groups excluding carboxylic acids is 3. The Labute approximate surface area is 202 Å². The molecule has 2 aromatic carbocycles. The summed E-state index contributed by atoms with van der Waals surface area (Å²) in [6, 6.07) is 19.8. The Balaban J connectivity index is 1.44. The van der Waals surface area contributed by atoms with E-state index in [0.717, 1.165) is 21.6 Å². The monoisotopic (exact) mass is 465 g/mol. The average molecular weight is 466 g/mol. The summed E-state index contributed by atoms with van der Waals surface area (Å²) in [4.78, 5) is 46.6. The Kier molecular flexibility index (Phi) is 5.97. The first-order valence-electron chi connectivity index (χ1n) is 11.3. The van der Waals surface area contributed by atoms with E-state index in [4.69, 9.17) is 4.42 Å². The van der Waals surface area contributed by atoms with Crippen molar-refractivity contribution >= 4 is 17.7 Å². The quantitative estimate of drug-likeness (QED) is 0.372. The fourth-order valence-electron chi connectivity index (χ4n) is 4.21. The molecule has 0 aliphatic carbocycles. The van der Waals surface area contributed by atoms with Crippen molar-refractivity contribution in [1.29, 1.82) is 0 Å². The number of pyridine rings is 1. The lowest BCUT2D eigenvalue weighted by atomic mass is 10.0. The van der Waals surface area contributed by atoms with Crippen LogP contribution in [-0.2, 0) is 19.6 Å². The van der Waals surface area contributed by atoms with Crippen LogP contribution in [0.2, 0.25) is 0 Å². The zero-order chi connectivity index (χ0) is 24.4. The summed E-state index contributed by atoms with van der Waals surface area (Å²) >= 11 is 0. The molecular weight excluding hydrogens is 442 g/mol. The number of amides is 3. The first-order valence-corrected chi connectivity index (χ1v) is 11.3. The summed E-state index contributed by atoms with van der Waals surface area (Å²) in [6.45, 7) is 2.81. The Morgan fingerprint density at radius 3 is 2.51 bits per heavy atom. The lowest BCUT2D eigenvalue weighted by Gasteiger charge is -2.24. The fraction of sp³-hybridized carbons (Fsp3) is 0.143. The van der Waals surface area contributed by atoms with Crippen molar-refractivity contribution in [3.05, 3.63) is 125 Å². The minimum atomic E-state index is -0.436. The van der Waals surface area contributed by atoms with Crippen LogP contribution in [0, 0.1) is 6.92 Å². The highest BCUT2D eigenvalue weighted by Gasteiger charge is 2.36. The van der Waals surface area contributed by atoms with Gasteiger partial charge in [-0.15, -0.1) is 0 Å². The van der Waals surface area contributed by atoms with Crippen LogP contribution in [0.25, 0.3) is 0 Å². The molecule has 0 N–H and O–H groups in total. The maximum absolute atomic E-state index is 13.7. The van der Waals surface area contributed by atoms with Crippen LogP contribution >= 0.6 is 0 Å². The molecule has 0 saturated heterocycles. The molecule has 0 unspecified atom stereocenters. The van der Waals surface area contributed by atoms with Gasteiger partial charge in [0.05, 0.1) is 23.9 Å². The minimum Gasteiger partial charge on any atom is -0.467 e. The second-order valence-electron chi connectivity index (χ2n) is 8.49. The van der Waals surface area contributed by atoms with Crippen molar-refractivity contribution in [2.45, 2.75) is 26.6 Å². The Morgan fingerprint density at radius 1 is 0.943 bits per heavy atom. The maximum atomic E-state index is 13.7. The number of imide groups is 1. The van der Waals surface area contributed by atoms with Gasteiger partial charge in [-0.05, 0) is 60.0 Å². The molecule has 174 valence electrons. The van der Waals surface area contributed by atoms with Gasteiger partial charge in [-0.1, -0.05) is 30.3 Å². The fourth-order valence-corrected chi connectivity index (χ4v) is 4.21. The molecule has 0 spiro atoms.